The lowest BCUT2D eigenvalue weighted by Gasteiger charge is -2.23. The van der Waals surface area contributed by atoms with Crippen molar-refractivity contribution < 1.29 is 9.18 Å². The Hall–Kier alpha value is -3.04. The molecule has 0 fully saturated rings. The van der Waals surface area contributed by atoms with Crippen molar-refractivity contribution in [1.82, 2.24) is 4.37 Å². The van der Waals surface area contributed by atoms with Gasteiger partial charge in [-0.05, 0) is 53.5 Å². The minimum Gasteiger partial charge on any atom is -0.323 e. The van der Waals surface area contributed by atoms with Gasteiger partial charge in [0, 0.05) is 17.9 Å². The minimum absolute atomic E-state index is 0.0783. The monoisotopic (exact) mass is 349 g/mol. The molecule has 1 aliphatic rings. The van der Waals surface area contributed by atoms with Crippen molar-refractivity contribution in [3.8, 4) is 17.3 Å². The van der Waals surface area contributed by atoms with Crippen LogP contribution in [0.2, 0.25) is 0 Å². The Morgan fingerprint density at radius 3 is 2.56 bits per heavy atom. The molecule has 0 bridgehead atoms. The number of fused-ring (bicyclic) bond motifs is 1. The van der Waals surface area contributed by atoms with Gasteiger partial charge in [-0.25, -0.2) is 4.39 Å². The number of nitriles is 1. The van der Waals surface area contributed by atoms with Gasteiger partial charge in [0.15, 0.2) is 0 Å². The topological polar surface area (TPSA) is 65.8 Å². The van der Waals surface area contributed by atoms with Crippen LogP contribution in [0, 0.1) is 17.1 Å². The van der Waals surface area contributed by atoms with Crippen LogP contribution < -0.4 is 5.32 Å². The van der Waals surface area contributed by atoms with E-state index in [0.29, 0.717) is 23.4 Å². The maximum Gasteiger partial charge on any atom is 0.225 e. The number of carbonyl (C=O) groups excluding carboxylic acids is 1. The summed E-state index contributed by atoms with van der Waals surface area (Å²) in [5, 5.41) is 11.8. The van der Waals surface area contributed by atoms with Crippen LogP contribution in [0.15, 0.2) is 48.5 Å². The van der Waals surface area contributed by atoms with Crippen molar-refractivity contribution in [3.05, 3.63) is 70.4 Å². The molecule has 4 nitrogen and oxygen atoms in total. The first kappa shape index (κ1) is 15.5. The number of nitrogens with one attached hydrogen (secondary N) is 1. The Labute approximate surface area is 147 Å². The SMILES string of the molecule is N#Cc1ccc([C@H]2CC(=O)Nc3c(-c4ccc(F)cc4)nsc32)cc1. The molecule has 1 amide bonds. The van der Waals surface area contributed by atoms with E-state index >= 15 is 0 Å². The molecule has 1 aromatic heterocycles. The third kappa shape index (κ3) is 2.79. The Morgan fingerprint density at radius 2 is 1.88 bits per heavy atom. The molecule has 122 valence electrons. The molecular formula is C19H12FN3OS. The van der Waals surface area contributed by atoms with Crippen molar-refractivity contribution in [1.29, 1.82) is 5.26 Å². The molecule has 4 rings (SSSR count). The largest absolute Gasteiger partial charge is 0.323 e. The number of carbonyl (C=O) groups is 1. The van der Waals surface area contributed by atoms with Gasteiger partial charge in [0.05, 0.1) is 22.2 Å². The third-order valence-corrected chi connectivity index (χ3v) is 5.21. The van der Waals surface area contributed by atoms with E-state index in [4.69, 9.17) is 5.26 Å². The number of aromatic nitrogens is 1. The summed E-state index contributed by atoms with van der Waals surface area (Å²) in [7, 11) is 0. The first-order chi connectivity index (χ1) is 12.2. The molecule has 25 heavy (non-hydrogen) atoms. The van der Waals surface area contributed by atoms with Crippen LogP contribution in [0.25, 0.3) is 11.3 Å². The van der Waals surface area contributed by atoms with Gasteiger partial charge in [0.25, 0.3) is 0 Å². The fourth-order valence-electron chi connectivity index (χ4n) is 2.99. The summed E-state index contributed by atoms with van der Waals surface area (Å²) < 4.78 is 17.7. The molecule has 0 spiro atoms. The van der Waals surface area contributed by atoms with Gasteiger partial charge in [-0.15, -0.1) is 0 Å². The van der Waals surface area contributed by atoms with Crippen LogP contribution in [0.4, 0.5) is 10.1 Å². The predicted octanol–water partition coefficient (Wildman–Crippen LogP) is 4.29. The van der Waals surface area contributed by atoms with Gasteiger partial charge in [0.1, 0.15) is 11.5 Å². The van der Waals surface area contributed by atoms with Gasteiger partial charge in [0.2, 0.25) is 5.91 Å². The van der Waals surface area contributed by atoms with E-state index in [1.807, 2.05) is 12.1 Å². The summed E-state index contributed by atoms with van der Waals surface area (Å²) in [6, 6.07) is 15.4. The van der Waals surface area contributed by atoms with Crippen LogP contribution in [-0.2, 0) is 4.79 Å². The number of rotatable bonds is 2. The van der Waals surface area contributed by atoms with Crippen molar-refractivity contribution >= 4 is 23.1 Å². The molecule has 0 saturated heterocycles. The summed E-state index contributed by atoms with van der Waals surface area (Å²) in [4.78, 5) is 13.2. The van der Waals surface area contributed by atoms with Gasteiger partial charge >= 0.3 is 0 Å². The van der Waals surface area contributed by atoms with Crippen molar-refractivity contribution in [3.63, 3.8) is 0 Å². The van der Waals surface area contributed by atoms with Gasteiger partial charge in [-0.3, -0.25) is 4.79 Å². The summed E-state index contributed by atoms with van der Waals surface area (Å²) in [6.45, 7) is 0. The zero-order valence-electron chi connectivity index (χ0n) is 13.0. The second-order valence-corrected chi connectivity index (χ2v) is 6.62. The highest BCUT2D eigenvalue weighted by atomic mass is 32.1. The zero-order chi connectivity index (χ0) is 17.4. The molecule has 0 unspecified atom stereocenters. The fraction of sp³-hybridized carbons (Fsp3) is 0.105. The normalized spacial score (nSPS) is 16.0. The fourth-order valence-corrected chi connectivity index (χ4v) is 3.97. The highest BCUT2D eigenvalue weighted by Crippen LogP contribution is 2.44. The molecule has 2 heterocycles. The maximum atomic E-state index is 13.2. The Bertz CT molecular complexity index is 987. The van der Waals surface area contributed by atoms with E-state index in [1.165, 1.54) is 23.7 Å². The molecule has 0 aliphatic carbocycles. The smallest absolute Gasteiger partial charge is 0.225 e. The lowest BCUT2D eigenvalue weighted by atomic mass is 9.89. The highest BCUT2D eigenvalue weighted by molar-refractivity contribution is 7.07. The lowest BCUT2D eigenvalue weighted by molar-refractivity contribution is -0.116. The van der Waals surface area contributed by atoms with Crippen molar-refractivity contribution in [2.24, 2.45) is 0 Å². The number of hydrogen-bond acceptors (Lipinski definition) is 4. The van der Waals surface area contributed by atoms with Crippen LogP contribution >= 0.6 is 11.5 Å². The van der Waals surface area contributed by atoms with E-state index in [9.17, 15) is 9.18 Å². The van der Waals surface area contributed by atoms with Crippen LogP contribution in [0.5, 0.6) is 0 Å². The summed E-state index contributed by atoms with van der Waals surface area (Å²) >= 11 is 1.34. The number of benzene rings is 2. The van der Waals surface area contributed by atoms with E-state index in [-0.39, 0.29) is 17.6 Å². The molecule has 0 saturated carbocycles. The maximum absolute atomic E-state index is 13.2. The molecule has 1 N–H and O–H groups in total. The molecule has 6 heteroatoms. The van der Waals surface area contributed by atoms with Gasteiger partial charge in [-0.1, -0.05) is 12.1 Å². The lowest BCUT2D eigenvalue weighted by Crippen LogP contribution is -2.22. The van der Waals surface area contributed by atoms with Crippen LogP contribution in [0.1, 0.15) is 28.3 Å². The van der Waals surface area contributed by atoms with E-state index < -0.39 is 0 Å². The molecule has 2 aromatic carbocycles. The molecule has 0 radical (unpaired) electrons. The molecule has 3 aromatic rings. The number of hydrogen-bond donors (Lipinski definition) is 1. The summed E-state index contributed by atoms with van der Waals surface area (Å²) in [6.07, 6.45) is 0.337. The molecule has 1 atom stereocenters. The third-order valence-electron chi connectivity index (χ3n) is 4.25. The van der Waals surface area contributed by atoms with E-state index in [1.54, 1.807) is 24.3 Å². The second-order valence-electron chi connectivity index (χ2n) is 5.82. The van der Waals surface area contributed by atoms with Crippen LogP contribution in [-0.4, -0.2) is 10.3 Å². The van der Waals surface area contributed by atoms with Gasteiger partial charge < -0.3 is 5.32 Å². The average Bonchev–Trinajstić information content (AvgIpc) is 3.05. The Morgan fingerprint density at radius 1 is 1.16 bits per heavy atom. The summed E-state index contributed by atoms with van der Waals surface area (Å²) in [5.41, 5.74) is 3.68. The number of amides is 1. The first-order valence-electron chi connectivity index (χ1n) is 7.71. The molecule has 1 aliphatic heterocycles. The minimum atomic E-state index is -0.313. The number of halogens is 1. The van der Waals surface area contributed by atoms with Crippen molar-refractivity contribution in [2.75, 3.05) is 5.32 Å². The highest BCUT2D eigenvalue weighted by Gasteiger charge is 2.31. The van der Waals surface area contributed by atoms with Gasteiger partial charge in [-0.2, -0.15) is 9.64 Å². The zero-order valence-corrected chi connectivity index (χ0v) is 13.8. The predicted molar refractivity (Wildman–Crippen MR) is 93.8 cm³/mol. The quantitative estimate of drug-likeness (QED) is 0.750. The van der Waals surface area contributed by atoms with Crippen molar-refractivity contribution in [2.45, 2.75) is 12.3 Å². The molecular weight excluding hydrogens is 337 g/mol. The Kier molecular flexibility index (Phi) is 3.79. The van der Waals surface area contributed by atoms with E-state index in [2.05, 4.69) is 15.8 Å². The standard InChI is InChI=1S/C19H12FN3OS/c20-14-7-5-13(6-8-14)17-18-19(25-23-17)15(9-16(24)22-18)12-3-1-11(10-21)2-4-12/h1-8,15H,9H2,(H,22,24)/t15-/m1/s1. The van der Waals surface area contributed by atoms with Crippen LogP contribution in [0.3, 0.4) is 0 Å². The van der Waals surface area contributed by atoms with E-state index in [0.717, 1.165) is 16.0 Å². The Balaban J connectivity index is 1.78. The average molecular weight is 349 g/mol. The number of nitrogens with zero attached hydrogens (tertiary/aromatic N) is 2. The first-order valence-corrected chi connectivity index (χ1v) is 8.48. The summed E-state index contributed by atoms with van der Waals surface area (Å²) in [5.74, 6) is -0.485. The second kappa shape index (κ2) is 6.11. The number of anilines is 1.